The summed E-state index contributed by atoms with van der Waals surface area (Å²) < 4.78 is 0.723. The van der Waals surface area contributed by atoms with Crippen LogP contribution in [0.3, 0.4) is 0 Å². The number of aryl methyl sites for hydroxylation is 2. The molecule has 2 aromatic heterocycles. The first-order valence-corrected chi connectivity index (χ1v) is 7.33. The lowest BCUT2D eigenvalue weighted by molar-refractivity contribution is 0.0953. The minimum atomic E-state index is -0.215. The van der Waals surface area contributed by atoms with Crippen molar-refractivity contribution in [3.05, 3.63) is 44.9 Å². The lowest BCUT2D eigenvalue weighted by Gasteiger charge is -2.06. The largest absolute Gasteiger partial charge is 0.352 e. The maximum absolute atomic E-state index is 12.0. The van der Waals surface area contributed by atoms with Crippen molar-refractivity contribution in [2.24, 2.45) is 0 Å². The molecule has 5 nitrogen and oxygen atoms in total. The fourth-order valence-corrected chi connectivity index (χ4v) is 2.31. The van der Waals surface area contributed by atoms with Gasteiger partial charge in [0.25, 0.3) is 5.91 Å². The van der Waals surface area contributed by atoms with Crippen molar-refractivity contribution in [1.82, 2.24) is 20.5 Å². The van der Waals surface area contributed by atoms with E-state index < -0.39 is 0 Å². The number of carbonyl (C=O) groups excluding carboxylic acids is 1. The van der Waals surface area contributed by atoms with Crippen LogP contribution >= 0.6 is 27.5 Å². The van der Waals surface area contributed by atoms with Crippen LogP contribution in [0, 0.1) is 6.92 Å². The van der Waals surface area contributed by atoms with E-state index in [0.717, 1.165) is 23.0 Å². The average Bonchev–Trinajstić information content (AvgIpc) is 2.83. The van der Waals surface area contributed by atoms with Gasteiger partial charge in [-0.1, -0.05) is 11.6 Å². The summed E-state index contributed by atoms with van der Waals surface area (Å²) in [5, 5.41) is 9.89. The number of nitrogens with one attached hydrogen (secondary N) is 2. The minimum Gasteiger partial charge on any atom is -0.352 e. The molecule has 0 saturated carbocycles. The standard InChI is InChI=1S/C13H14BrClN4O/c1-8-9(6-18-19-8)3-2-4-16-13(20)11-5-10(14)7-17-12(11)15/h5-7H,2-4H2,1H3,(H,16,20)(H,18,19). The number of carbonyl (C=O) groups is 1. The molecule has 0 radical (unpaired) electrons. The molecule has 7 heteroatoms. The number of hydrogen-bond acceptors (Lipinski definition) is 3. The van der Waals surface area contributed by atoms with Gasteiger partial charge in [-0.05, 0) is 47.3 Å². The summed E-state index contributed by atoms with van der Waals surface area (Å²) in [4.78, 5) is 15.9. The highest BCUT2D eigenvalue weighted by atomic mass is 79.9. The summed E-state index contributed by atoms with van der Waals surface area (Å²) >= 11 is 9.17. The van der Waals surface area contributed by atoms with E-state index in [9.17, 15) is 4.79 Å². The number of rotatable bonds is 5. The summed E-state index contributed by atoms with van der Waals surface area (Å²) in [6, 6.07) is 1.66. The van der Waals surface area contributed by atoms with Crippen molar-refractivity contribution < 1.29 is 4.79 Å². The van der Waals surface area contributed by atoms with Crippen molar-refractivity contribution in [3.8, 4) is 0 Å². The molecule has 0 fully saturated rings. The Kier molecular flexibility index (Phi) is 5.14. The molecule has 0 aliphatic carbocycles. The highest BCUT2D eigenvalue weighted by molar-refractivity contribution is 9.10. The van der Waals surface area contributed by atoms with E-state index in [-0.39, 0.29) is 11.1 Å². The van der Waals surface area contributed by atoms with Gasteiger partial charge >= 0.3 is 0 Å². The first kappa shape index (κ1) is 15.0. The van der Waals surface area contributed by atoms with Gasteiger partial charge in [-0.15, -0.1) is 0 Å². The lowest BCUT2D eigenvalue weighted by atomic mass is 10.1. The van der Waals surface area contributed by atoms with E-state index in [2.05, 4.69) is 36.4 Å². The monoisotopic (exact) mass is 356 g/mol. The van der Waals surface area contributed by atoms with E-state index in [0.29, 0.717) is 12.1 Å². The molecule has 0 unspecified atom stereocenters. The maximum Gasteiger partial charge on any atom is 0.254 e. The Hall–Kier alpha value is -1.40. The molecule has 2 aromatic rings. The van der Waals surface area contributed by atoms with Gasteiger partial charge in [0.2, 0.25) is 0 Å². The normalized spacial score (nSPS) is 10.6. The van der Waals surface area contributed by atoms with Crippen molar-refractivity contribution in [1.29, 1.82) is 0 Å². The number of pyridine rings is 1. The quantitative estimate of drug-likeness (QED) is 0.638. The van der Waals surface area contributed by atoms with Crippen LogP contribution in [0.4, 0.5) is 0 Å². The predicted octanol–water partition coefficient (Wildman–Crippen LogP) is 2.89. The van der Waals surface area contributed by atoms with Gasteiger partial charge in [0, 0.05) is 22.9 Å². The Morgan fingerprint density at radius 3 is 3.00 bits per heavy atom. The number of aromatic amines is 1. The summed E-state index contributed by atoms with van der Waals surface area (Å²) in [7, 11) is 0. The first-order chi connectivity index (χ1) is 9.58. The third-order valence-electron chi connectivity index (χ3n) is 2.89. The van der Waals surface area contributed by atoms with Gasteiger partial charge in [-0.3, -0.25) is 9.89 Å². The van der Waals surface area contributed by atoms with Crippen LogP contribution in [0.15, 0.2) is 22.9 Å². The maximum atomic E-state index is 12.0. The second kappa shape index (κ2) is 6.85. The Morgan fingerprint density at radius 2 is 2.30 bits per heavy atom. The van der Waals surface area contributed by atoms with Crippen LogP contribution in [-0.4, -0.2) is 27.6 Å². The van der Waals surface area contributed by atoms with Crippen molar-refractivity contribution >= 4 is 33.4 Å². The summed E-state index contributed by atoms with van der Waals surface area (Å²) in [6.45, 7) is 2.56. The number of amides is 1. The van der Waals surface area contributed by atoms with Crippen molar-refractivity contribution in [2.75, 3.05) is 6.54 Å². The molecule has 0 bridgehead atoms. The van der Waals surface area contributed by atoms with E-state index in [1.807, 2.05) is 13.1 Å². The Balaban J connectivity index is 1.83. The zero-order valence-electron chi connectivity index (χ0n) is 10.9. The first-order valence-electron chi connectivity index (χ1n) is 6.16. The molecule has 20 heavy (non-hydrogen) atoms. The van der Waals surface area contributed by atoms with Crippen LogP contribution in [0.5, 0.6) is 0 Å². The van der Waals surface area contributed by atoms with Gasteiger partial charge < -0.3 is 5.32 Å². The summed E-state index contributed by atoms with van der Waals surface area (Å²) in [5.41, 5.74) is 2.61. The molecule has 106 valence electrons. The summed E-state index contributed by atoms with van der Waals surface area (Å²) in [6.07, 6.45) is 5.07. The number of H-pyrrole nitrogens is 1. The molecule has 0 saturated heterocycles. The number of hydrogen-bond donors (Lipinski definition) is 2. The van der Waals surface area contributed by atoms with Gasteiger partial charge in [0.05, 0.1) is 11.8 Å². The van der Waals surface area contributed by atoms with Crippen LogP contribution in [-0.2, 0) is 6.42 Å². The van der Waals surface area contributed by atoms with Gasteiger partial charge in [-0.2, -0.15) is 5.10 Å². The smallest absolute Gasteiger partial charge is 0.254 e. The second-order valence-electron chi connectivity index (χ2n) is 4.37. The van der Waals surface area contributed by atoms with Gasteiger partial charge in [-0.25, -0.2) is 4.98 Å². The third kappa shape index (κ3) is 3.80. The number of aromatic nitrogens is 3. The minimum absolute atomic E-state index is 0.205. The molecule has 2 rings (SSSR count). The number of halogens is 2. The molecular weight excluding hydrogens is 344 g/mol. The SMILES string of the molecule is Cc1[nH]ncc1CCCNC(=O)c1cc(Br)cnc1Cl. The molecule has 2 heterocycles. The Morgan fingerprint density at radius 1 is 1.50 bits per heavy atom. The molecule has 1 amide bonds. The van der Waals surface area contributed by atoms with Crippen LogP contribution < -0.4 is 5.32 Å². The van der Waals surface area contributed by atoms with E-state index in [4.69, 9.17) is 11.6 Å². The van der Waals surface area contributed by atoms with Crippen molar-refractivity contribution in [2.45, 2.75) is 19.8 Å². The predicted molar refractivity (Wildman–Crippen MR) is 80.9 cm³/mol. The van der Waals surface area contributed by atoms with Crippen LogP contribution in [0.2, 0.25) is 5.15 Å². The van der Waals surface area contributed by atoms with Crippen molar-refractivity contribution in [3.63, 3.8) is 0 Å². The Labute approximate surface area is 130 Å². The van der Waals surface area contributed by atoms with E-state index in [1.165, 1.54) is 5.56 Å². The molecule has 0 aromatic carbocycles. The number of nitrogens with zero attached hydrogens (tertiary/aromatic N) is 2. The van der Waals surface area contributed by atoms with E-state index >= 15 is 0 Å². The highest BCUT2D eigenvalue weighted by Gasteiger charge is 2.11. The molecule has 0 aliphatic rings. The van der Waals surface area contributed by atoms with Crippen LogP contribution in [0.1, 0.15) is 28.0 Å². The van der Waals surface area contributed by atoms with E-state index in [1.54, 1.807) is 12.3 Å². The Bertz CT molecular complexity index is 614. The lowest BCUT2D eigenvalue weighted by Crippen LogP contribution is -2.25. The molecule has 0 spiro atoms. The molecule has 0 aliphatic heterocycles. The zero-order valence-corrected chi connectivity index (χ0v) is 13.3. The fraction of sp³-hybridized carbons (Fsp3) is 0.308. The third-order valence-corrected chi connectivity index (χ3v) is 3.63. The average molecular weight is 358 g/mol. The summed E-state index contributed by atoms with van der Waals surface area (Å²) in [5.74, 6) is -0.215. The molecular formula is C13H14BrClN4O. The fourth-order valence-electron chi connectivity index (χ4n) is 1.79. The topological polar surface area (TPSA) is 70.7 Å². The highest BCUT2D eigenvalue weighted by Crippen LogP contribution is 2.17. The molecule has 0 atom stereocenters. The zero-order chi connectivity index (χ0) is 14.5. The van der Waals surface area contributed by atoms with Gasteiger partial charge in [0.15, 0.2) is 0 Å². The second-order valence-corrected chi connectivity index (χ2v) is 5.65. The van der Waals surface area contributed by atoms with Crippen LogP contribution in [0.25, 0.3) is 0 Å². The molecule has 2 N–H and O–H groups in total. The van der Waals surface area contributed by atoms with Gasteiger partial charge in [0.1, 0.15) is 5.15 Å².